The van der Waals surface area contributed by atoms with Gasteiger partial charge in [-0.2, -0.15) is 0 Å². The van der Waals surface area contributed by atoms with E-state index in [9.17, 15) is 0 Å². The van der Waals surface area contributed by atoms with Crippen LogP contribution in [0.25, 0.3) is 0 Å². The second-order valence-corrected chi connectivity index (χ2v) is 8.84. The summed E-state index contributed by atoms with van der Waals surface area (Å²) in [6.45, 7) is 16.3. The molecule has 2 aliphatic rings. The Balaban J connectivity index is 0.00000341. The number of aliphatic imine (C=N–C) groups is 1. The number of benzene rings is 1. The highest BCUT2D eigenvalue weighted by atomic mass is 127. The maximum atomic E-state index is 5.59. The average molecular weight is 544 g/mol. The second-order valence-electron chi connectivity index (χ2n) is 8.84. The van der Waals surface area contributed by atoms with E-state index < -0.39 is 0 Å². The zero-order chi connectivity index (χ0) is 21.3. The number of ether oxygens (including phenoxy) is 1. The van der Waals surface area contributed by atoms with Crippen LogP contribution in [0.4, 0.5) is 0 Å². The van der Waals surface area contributed by atoms with E-state index in [0.29, 0.717) is 12.1 Å². The van der Waals surface area contributed by atoms with Gasteiger partial charge in [0.15, 0.2) is 5.96 Å². The van der Waals surface area contributed by atoms with Crippen LogP contribution in [0.3, 0.4) is 0 Å². The number of rotatable bonds is 7. The fourth-order valence-corrected chi connectivity index (χ4v) is 4.36. The van der Waals surface area contributed by atoms with Crippen LogP contribution in [0, 0.1) is 6.92 Å². The number of nitrogens with zero attached hydrogens (tertiary/aromatic N) is 3. The molecule has 0 spiro atoms. The topological polar surface area (TPSA) is 52.1 Å². The van der Waals surface area contributed by atoms with Crippen LogP contribution in [-0.4, -0.2) is 80.3 Å². The fraction of sp³-hybridized carbons (Fsp3) is 0.708. The molecule has 2 fully saturated rings. The normalized spacial score (nSPS) is 20.4. The first kappa shape index (κ1) is 26.4. The molecule has 2 N–H and O–H groups in total. The van der Waals surface area contributed by atoms with E-state index >= 15 is 0 Å². The Morgan fingerprint density at radius 2 is 1.71 bits per heavy atom. The van der Waals surface area contributed by atoms with Crippen LogP contribution in [0.5, 0.6) is 0 Å². The standard InChI is InChI=1S/C24H41N5O.HI/c1-5-25-24(27-22-10-12-28(13-11-22)19(2)3)26-18-23(29-14-16-30-17-15-29)21-8-6-20(4)7-9-21;/h6-9,19,22-23H,5,10-18H2,1-4H3,(H2,25,26,27);1H. The Labute approximate surface area is 206 Å². The van der Waals surface area contributed by atoms with Crippen molar-refractivity contribution in [2.24, 2.45) is 4.99 Å². The molecule has 7 heteroatoms. The lowest BCUT2D eigenvalue weighted by atomic mass is 10.0. The zero-order valence-corrected chi connectivity index (χ0v) is 22.1. The number of guanidine groups is 1. The van der Waals surface area contributed by atoms with Gasteiger partial charge in [-0.05, 0) is 46.1 Å². The summed E-state index contributed by atoms with van der Waals surface area (Å²) < 4.78 is 5.59. The lowest BCUT2D eigenvalue weighted by Gasteiger charge is -2.36. The average Bonchev–Trinajstić information content (AvgIpc) is 2.76. The number of piperidine rings is 1. The lowest BCUT2D eigenvalue weighted by Crippen LogP contribution is -2.50. The number of morpholine rings is 1. The number of hydrogen-bond donors (Lipinski definition) is 2. The van der Waals surface area contributed by atoms with E-state index in [1.165, 1.54) is 24.0 Å². The number of aryl methyl sites for hydroxylation is 1. The highest BCUT2D eigenvalue weighted by Gasteiger charge is 2.24. The monoisotopic (exact) mass is 543 g/mol. The fourth-order valence-electron chi connectivity index (χ4n) is 4.36. The van der Waals surface area contributed by atoms with E-state index in [4.69, 9.17) is 9.73 Å². The molecule has 0 radical (unpaired) electrons. The SMILES string of the molecule is CCNC(=NCC(c1ccc(C)cc1)N1CCOCC1)NC1CCN(C(C)C)CC1.I. The Morgan fingerprint density at radius 3 is 2.29 bits per heavy atom. The zero-order valence-electron chi connectivity index (χ0n) is 19.8. The predicted molar refractivity (Wildman–Crippen MR) is 141 cm³/mol. The summed E-state index contributed by atoms with van der Waals surface area (Å²) in [5.74, 6) is 0.950. The molecule has 0 saturated carbocycles. The van der Waals surface area contributed by atoms with Gasteiger partial charge in [0.1, 0.15) is 0 Å². The summed E-state index contributed by atoms with van der Waals surface area (Å²) in [5, 5.41) is 7.17. The van der Waals surface area contributed by atoms with Crippen LogP contribution in [0.1, 0.15) is 50.8 Å². The summed E-state index contributed by atoms with van der Waals surface area (Å²) in [7, 11) is 0. The molecular formula is C24H42IN5O. The first-order valence-corrected chi connectivity index (χ1v) is 11.7. The van der Waals surface area contributed by atoms with Crippen molar-refractivity contribution in [2.45, 2.75) is 58.7 Å². The van der Waals surface area contributed by atoms with Gasteiger partial charge in [0.25, 0.3) is 0 Å². The van der Waals surface area contributed by atoms with Crippen LogP contribution < -0.4 is 10.6 Å². The van der Waals surface area contributed by atoms with Gasteiger partial charge in [-0.1, -0.05) is 29.8 Å². The third-order valence-corrected chi connectivity index (χ3v) is 6.32. The minimum atomic E-state index is 0. The van der Waals surface area contributed by atoms with Gasteiger partial charge in [-0.3, -0.25) is 9.89 Å². The van der Waals surface area contributed by atoms with Crippen LogP contribution in [0.2, 0.25) is 0 Å². The number of likely N-dealkylation sites (tertiary alicyclic amines) is 1. The minimum Gasteiger partial charge on any atom is -0.379 e. The molecule has 3 rings (SSSR count). The van der Waals surface area contributed by atoms with Crippen LogP contribution in [0.15, 0.2) is 29.3 Å². The van der Waals surface area contributed by atoms with Crippen molar-refractivity contribution in [3.8, 4) is 0 Å². The van der Waals surface area contributed by atoms with Gasteiger partial charge in [0, 0.05) is 44.8 Å². The number of hydrogen-bond acceptors (Lipinski definition) is 4. The van der Waals surface area contributed by atoms with Crippen molar-refractivity contribution < 1.29 is 4.74 Å². The van der Waals surface area contributed by atoms with E-state index in [2.05, 4.69) is 72.4 Å². The molecule has 2 aliphatic heterocycles. The Kier molecular flexibility index (Phi) is 11.6. The maximum absolute atomic E-state index is 5.59. The van der Waals surface area contributed by atoms with Gasteiger partial charge >= 0.3 is 0 Å². The lowest BCUT2D eigenvalue weighted by molar-refractivity contribution is 0.0179. The Morgan fingerprint density at radius 1 is 1.06 bits per heavy atom. The van der Waals surface area contributed by atoms with E-state index in [1.807, 2.05) is 0 Å². The molecule has 0 bridgehead atoms. The Bertz CT molecular complexity index is 652. The molecule has 0 aliphatic carbocycles. The van der Waals surface area contributed by atoms with Crippen molar-refractivity contribution >= 4 is 29.9 Å². The van der Waals surface area contributed by atoms with Crippen molar-refractivity contribution in [2.75, 3.05) is 52.5 Å². The highest BCUT2D eigenvalue weighted by molar-refractivity contribution is 14.0. The highest BCUT2D eigenvalue weighted by Crippen LogP contribution is 2.23. The first-order valence-electron chi connectivity index (χ1n) is 11.7. The quantitative estimate of drug-likeness (QED) is 0.314. The molecular weight excluding hydrogens is 501 g/mol. The summed E-state index contributed by atoms with van der Waals surface area (Å²) in [6, 6.07) is 10.3. The first-order chi connectivity index (χ1) is 14.6. The van der Waals surface area contributed by atoms with Crippen molar-refractivity contribution in [3.05, 3.63) is 35.4 Å². The van der Waals surface area contributed by atoms with E-state index in [1.54, 1.807) is 0 Å². The van der Waals surface area contributed by atoms with Gasteiger partial charge in [0.2, 0.25) is 0 Å². The number of nitrogens with one attached hydrogen (secondary N) is 2. The van der Waals surface area contributed by atoms with Crippen molar-refractivity contribution in [1.29, 1.82) is 0 Å². The summed E-state index contributed by atoms with van der Waals surface area (Å²) in [5.41, 5.74) is 2.64. The molecule has 0 amide bonds. The predicted octanol–water partition coefficient (Wildman–Crippen LogP) is 3.41. The van der Waals surface area contributed by atoms with Gasteiger partial charge in [-0.15, -0.1) is 24.0 Å². The third kappa shape index (κ3) is 8.18. The van der Waals surface area contributed by atoms with Gasteiger partial charge in [-0.25, -0.2) is 0 Å². The molecule has 1 unspecified atom stereocenters. The van der Waals surface area contributed by atoms with Crippen LogP contribution in [-0.2, 0) is 4.74 Å². The molecule has 0 aromatic heterocycles. The molecule has 1 aromatic rings. The molecule has 2 heterocycles. The summed E-state index contributed by atoms with van der Waals surface area (Å²) in [6.07, 6.45) is 2.35. The smallest absolute Gasteiger partial charge is 0.191 e. The largest absolute Gasteiger partial charge is 0.379 e. The molecule has 1 atom stereocenters. The van der Waals surface area contributed by atoms with Crippen molar-refractivity contribution in [3.63, 3.8) is 0 Å². The minimum absolute atomic E-state index is 0. The van der Waals surface area contributed by atoms with E-state index in [-0.39, 0.29) is 30.0 Å². The molecule has 31 heavy (non-hydrogen) atoms. The van der Waals surface area contributed by atoms with Gasteiger partial charge < -0.3 is 20.3 Å². The Hall–Kier alpha value is -0.900. The second kappa shape index (κ2) is 13.6. The molecule has 176 valence electrons. The molecule has 2 saturated heterocycles. The molecule has 1 aromatic carbocycles. The maximum Gasteiger partial charge on any atom is 0.191 e. The third-order valence-electron chi connectivity index (χ3n) is 6.32. The number of halogens is 1. The van der Waals surface area contributed by atoms with E-state index in [0.717, 1.165) is 58.4 Å². The summed E-state index contributed by atoms with van der Waals surface area (Å²) >= 11 is 0. The van der Waals surface area contributed by atoms with Crippen molar-refractivity contribution in [1.82, 2.24) is 20.4 Å². The van der Waals surface area contributed by atoms with Crippen LogP contribution >= 0.6 is 24.0 Å². The molecule has 6 nitrogen and oxygen atoms in total. The van der Waals surface area contributed by atoms with Gasteiger partial charge in [0.05, 0.1) is 25.8 Å². The summed E-state index contributed by atoms with van der Waals surface area (Å²) in [4.78, 5) is 10.1.